The average Bonchev–Trinajstić information content (AvgIpc) is 2.17. The molecule has 0 bridgehead atoms. The van der Waals surface area contributed by atoms with Gasteiger partial charge in [-0.1, -0.05) is 17.7 Å². The third-order valence-corrected chi connectivity index (χ3v) is 3.36. The Labute approximate surface area is 92.8 Å². The monoisotopic (exact) mass is 233 g/mol. The first-order valence-electron chi connectivity index (χ1n) is 4.24. The molecule has 1 aromatic rings. The van der Waals surface area contributed by atoms with E-state index in [-0.39, 0.29) is 6.54 Å². The number of halogens is 2. The van der Waals surface area contributed by atoms with Crippen LogP contribution in [0.1, 0.15) is 12.5 Å². The van der Waals surface area contributed by atoms with Gasteiger partial charge in [0, 0.05) is 11.4 Å². The van der Waals surface area contributed by atoms with Crippen LogP contribution in [0.2, 0.25) is 5.02 Å². The number of hydrogen-bond donors (Lipinski definition) is 1. The van der Waals surface area contributed by atoms with Crippen molar-refractivity contribution in [1.29, 1.82) is 0 Å². The standard InChI is InChI=1S/C10H13ClFNS/c1-10(12,6-13)7-3-4-9(14-2)8(11)5-7/h3-5H,6,13H2,1-2H3. The van der Waals surface area contributed by atoms with E-state index in [1.807, 2.05) is 12.3 Å². The third kappa shape index (κ3) is 2.41. The van der Waals surface area contributed by atoms with E-state index in [1.54, 1.807) is 12.1 Å². The highest BCUT2D eigenvalue weighted by Gasteiger charge is 2.24. The summed E-state index contributed by atoms with van der Waals surface area (Å²) in [7, 11) is 0. The highest BCUT2D eigenvalue weighted by Crippen LogP contribution is 2.31. The molecule has 1 atom stereocenters. The van der Waals surface area contributed by atoms with Gasteiger partial charge in [0.25, 0.3) is 0 Å². The molecule has 0 heterocycles. The molecule has 0 aliphatic carbocycles. The molecule has 1 nitrogen and oxygen atoms in total. The van der Waals surface area contributed by atoms with Gasteiger partial charge in [-0.3, -0.25) is 0 Å². The van der Waals surface area contributed by atoms with E-state index in [1.165, 1.54) is 18.7 Å². The molecule has 0 aliphatic rings. The van der Waals surface area contributed by atoms with Crippen molar-refractivity contribution in [2.24, 2.45) is 5.73 Å². The molecule has 0 amide bonds. The number of alkyl halides is 1. The SMILES string of the molecule is CSc1ccc(C(C)(F)CN)cc1Cl. The molecule has 0 spiro atoms. The van der Waals surface area contributed by atoms with Crippen molar-refractivity contribution >= 4 is 23.4 Å². The summed E-state index contributed by atoms with van der Waals surface area (Å²) in [5, 5.41) is 0.576. The van der Waals surface area contributed by atoms with Crippen LogP contribution in [0.5, 0.6) is 0 Å². The molecule has 0 fully saturated rings. The minimum atomic E-state index is -1.50. The predicted octanol–water partition coefficient (Wildman–Crippen LogP) is 3.21. The zero-order valence-corrected chi connectivity index (χ0v) is 9.75. The zero-order chi connectivity index (χ0) is 10.8. The summed E-state index contributed by atoms with van der Waals surface area (Å²) in [6.45, 7) is 1.42. The maximum atomic E-state index is 13.8. The van der Waals surface area contributed by atoms with Gasteiger partial charge in [-0.2, -0.15) is 0 Å². The smallest absolute Gasteiger partial charge is 0.145 e. The molecule has 1 rings (SSSR count). The molecule has 0 saturated carbocycles. The Morgan fingerprint density at radius 3 is 2.64 bits per heavy atom. The van der Waals surface area contributed by atoms with Gasteiger partial charge in [-0.15, -0.1) is 11.8 Å². The largest absolute Gasteiger partial charge is 0.327 e. The normalized spacial score (nSPS) is 15.2. The van der Waals surface area contributed by atoms with Crippen LogP contribution in [0.4, 0.5) is 4.39 Å². The second-order valence-electron chi connectivity index (χ2n) is 3.25. The Balaban J connectivity index is 3.08. The molecule has 14 heavy (non-hydrogen) atoms. The van der Waals surface area contributed by atoms with Crippen molar-refractivity contribution in [2.45, 2.75) is 17.5 Å². The van der Waals surface area contributed by atoms with Crippen molar-refractivity contribution in [3.8, 4) is 0 Å². The summed E-state index contributed by atoms with van der Waals surface area (Å²) >= 11 is 7.50. The van der Waals surface area contributed by atoms with Gasteiger partial charge in [0.1, 0.15) is 5.67 Å². The minimum Gasteiger partial charge on any atom is -0.327 e. The molecule has 1 unspecified atom stereocenters. The fourth-order valence-electron chi connectivity index (χ4n) is 1.11. The van der Waals surface area contributed by atoms with Crippen molar-refractivity contribution in [3.05, 3.63) is 28.8 Å². The van der Waals surface area contributed by atoms with E-state index in [2.05, 4.69) is 0 Å². The Morgan fingerprint density at radius 1 is 1.57 bits per heavy atom. The lowest BCUT2D eigenvalue weighted by Crippen LogP contribution is -2.26. The fraction of sp³-hybridized carbons (Fsp3) is 0.400. The molecule has 0 aliphatic heterocycles. The maximum Gasteiger partial charge on any atom is 0.145 e. The second-order valence-corrected chi connectivity index (χ2v) is 4.51. The quantitative estimate of drug-likeness (QED) is 0.812. The van der Waals surface area contributed by atoms with E-state index < -0.39 is 5.67 Å². The lowest BCUT2D eigenvalue weighted by atomic mass is 9.98. The molecule has 4 heteroatoms. The first-order chi connectivity index (χ1) is 6.51. The number of rotatable bonds is 3. The molecule has 78 valence electrons. The predicted molar refractivity (Wildman–Crippen MR) is 60.7 cm³/mol. The molecule has 0 saturated heterocycles. The van der Waals surface area contributed by atoms with Crippen molar-refractivity contribution < 1.29 is 4.39 Å². The van der Waals surface area contributed by atoms with Crippen LogP contribution in [0.3, 0.4) is 0 Å². The molecule has 0 radical (unpaired) electrons. The van der Waals surface area contributed by atoms with Gasteiger partial charge in [0.2, 0.25) is 0 Å². The van der Waals surface area contributed by atoms with Crippen LogP contribution in [0.25, 0.3) is 0 Å². The molecule has 2 N–H and O–H groups in total. The van der Waals surface area contributed by atoms with E-state index in [0.717, 1.165) is 4.90 Å². The summed E-state index contributed by atoms with van der Waals surface area (Å²) in [5.74, 6) is 0. The first-order valence-corrected chi connectivity index (χ1v) is 5.84. The summed E-state index contributed by atoms with van der Waals surface area (Å²) < 4.78 is 13.8. The van der Waals surface area contributed by atoms with E-state index in [0.29, 0.717) is 10.6 Å². The van der Waals surface area contributed by atoms with Gasteiger partial charge >= 0.3 is 0 Å². The summed E-state index contributed by atoms with van der Waals surface area (Å²) in [6, 6.07) is 5.18. The highest BCUT2D eigenvalue weighted by atomic mass is 35.5. The topological polar surface area (TPSA) is 26.0 Å². The van der Waals surface area contributed by atoms with Crippen LogP contribution in [0.15, 0.2) is 23.1 Å². The lowest BCUT2D eigenvalue weighted by molar-refractivity contribution is 0.203. The van der Waals surface area contributed by atoms with E-state index >= 15 is 0 Å². The van der Waals surface area contributed by atoms with Gasteiger partial charge in [0.05, 0.1) is 5.02 Å². The van der Waals surface area contributed by atoms with Gasteiger partial charge in [-0.25, -0.2) is 4.39 Å². The Morgan fingerprint density at radius 2 is 2.21 bits per heavy atom. The molecular formula is C10H13ClFNS. The average molecular weight is 234 g/mol. The van der Waals surface area contributed by atoms with E-state index in [4.69, 9.17) is 17.3 Å². The van der Waals surface area contributed by atoms with Crippen molar-refractivity contribution in [3.63, 3.8) is 0 Å². The second kappa shape index (κ2) is 4.51. The summed E-state index contributed by atoms with van der Waals surface area (Å²) in [6.07, 6.45) is 1.93. The van der Waals surface area contributed by atoms with Crippen LogP contribution < -0.4 is 5.73 Å². The fourth-order valence-corrected chi connectivity index (χ4v) is 1.98. The van der Waals surface area contributed by atoms with Gasteiger partial charge < -0.3 is 5.73 Å². The van der Waals surface area contributed by atoms with Crippen LogP contribution in [-0.2, 0) is 5.67 Å². The van der Waals surface area contributed by atoms with Crippen molar-refractivity contribution in [1.82, 2.24) is 0 Å². The number of nitrogens with two attached hydrogens (primary N) is 1. The van der Waals surface area contributed by atoms with E-state index in [9.17, 15) is 4.39 Å². The Bertz CT molecular complexity index is 328. The number of thioether (sulfide) groups is 1. The molecule has 1 aromatic carbocycles. The van der Waals surface area contributed by atoms with Crippen LogP contribution in [0, 0.1) is 0 Å². The highest BCUT2D eigenvalue weighted by molar-refractivity contribution is 7.98. The lowest BCUT2D eigenvalue weighted by Gasteiger charge is -2.19. The Kier molecular flexibility index (Phi) is 3.81. The van der Waals surface area contributed by atoms with Gasteiger partial charge in [0.15, 0.2) is 0 Å². The summed E-state index contributed by atoms with van der Waals surface area (Å²) in [5.41, 5.74) is 4.37. The number of hydrogen-bond acceptors (Lipinski definition) is 2. The van der Waals surface area contributed by atoms with Crippen molar-refractivity contribution in [2.75, 3.05) is 12.8 Å². The Hall–Kier alpha value is -0.250. The molecular weight excluding hydrogens is 221 g/mol. The van der Waals surface area contributed by atoms with Crippen LogP contribution in [-0.4, -0.2) is 12.8 Å². The third-order valence-electron chi connectivity index (χ3n) is 2.14. The summed E-state index contributed by atoms with van der Waals surface area (Å²) in [4.78, 5) is 0.947. The van der Waals surface area contributed by atoms with Crippen LogP contribution >= 0.6 is 23.4 Å². The minimum absolute atomic E-state index is 0.0397. The van der Waals surface area contributed by atoms with Gasteiger partial charge in [-0.05, 0) is 30.9 Å². The maximum absolute atomic E-state index is 13.8. The number of benzene rings is 1. The molecule has 0 aromatic heterocycles. The zero-order valence-electron chi connectivity index (χ0n) is 8.18. The first kappa shape index (κ1) is 11.8.